The lowest BCUT2D eigenvalue weighted by Crippen LogP contribution is -2.50. The van der Waals surface area contributed by atoms with Crippen molar-refractivity contribution in [3.8, 4) is 0 Å². The van der Waals surface area contributed by atoms with E-state index in [-0.39, 0.29) is 0 Å². The van der Waals surface area contributed by atoms with Crippen LogP contribution in [0, 0.1) is 0 Å². The van der Waals surface area contributed by atoms with Crippen LogP contribution in [0.4, 0.5) is 4.79 Å². The molecule has 0 bridgehead atoms. The van der Waals surface area contributed by atoms with Crippen LogP contribution in [0.2, 0.25) is 0 Å². The van der Waals surface area contributed by atoms with E-state index in [1.54, 1.807) is 20.8 Å². The van der Waals surface area contributed by atoms with Gasteiger partial charge in [0.1, 0.15) is 11.6 Å². The van der Waals surface area contributed by atoms with Crippen molar-refractivity contribution in [2.45, 2.75) is 38.8 Å². The highest BCUT2D eigenvalue weighted by Crippen LogP contribution is 2.15. The van der Waals surface area contributed by atoms with Gasteiger partial charge in [0.2, 0.25) is 0 Å². The second-order valence-corrected chi connectivity index (χ2v) is 5.64. The highest BCUT2D eigenvalue weighted by molar-refractivity contribution is 5.80. The van der Waals surface area contributed by atoms with Gasteiger partial charge in [-0.1, -0.05) is 0 Å². The Morgan fingerprint density at radius 2 is 1.89 bits per heavy atom. The van der Waals surface area contributed by atoms with Gasteiger partial charge in [0, 0.05) is 13.1 Å². The second-order valence-electron chi connectivity index (χ2n) is 5.64. The fourth-order valence-electron chi connectivity index (χ4n) is 1.90. The number of carbonyl (C=O) groups is 2. The Bertz CT molecular complexity index is 325. The third-order valence-corrected chi connectivity index (χ3v) is 2.71. The summed E-state index contributed by atoms with van der Waals surface area (Å²) in [6.07, 6.45) is 0.199. The van der Waals surface area contributed by atoms with E-state index in [0.717, 1.165) is 13.0 Å². The number of carboxylic acids is 1. The summed E-state index contributed by atoms with van der Waals surface area (Å²) in [6.45, 7) is 6.83. The predicted octanol–water partition coefficient (Wildman–Crippen LogP) is 1.01. The molecular weight excluding hydrogens is 236 g/mol. The molecule has 0 saturated carbocycles. The van der Waals surface area contributed by atoms with Gasteiger partial charge in [0.05, 0.1) is 0 Å². The minimum Gasteiger partial charge on any atom is -0.480 e. The molecule has 0 aromatic carbocycles. The molecule has 1 saturated heterocycles. The SMILES string of the molecule is CN1CCCN(C(=O)OC(C)(C)C)C(C(=O)O)C1. The number of hydrogen-bond acceptors (Lipinski definition) is 4. The smallest absolute Gasteiger partial charge is 0.411 e. The maximum absolute atomic E-state index is 12.0. The first-order chi connectivity index (χ1) is 8.20. The number of carboxylic acid groups (broad SMARTS) is 1. The number of hydrogen-bond donors (Lipinski definition) is 1. The summed E-state index contributed by atoms with van der Waals surface area (Å²) in [6, 6.07) is -0.840. The van der Waals surface area contributed by atoms with E-state index in [1.165, 1.54) is 4.90 Å². The van der Waals surface area contributed by atoms with E-state index in [2.05, 4.69) is 0 Å². The molecule has 6 nitrogen and oxygen atoms in total. The first-order valence-corrected chi connectivity index (χ1v) is 6.11. The summed E-state index contributed by atoms with van der Waals surface area (Å²) in [7, 11) is 1.86. The Kier molecular flexibility index (Phi) is 4.56. The highest BCUT2D eigenvalue weighted by atomic mass is 16.6. The quantitative estimate of drug-likeness (QED) is 0.760. The van der Waals surface area contributed by atoms with Crippen LogP contribution in [0.15, 0.2) is 0 Å². The molecule has 0 spiro atoms. The maximum atomic E-state index is 12.0. The molecule has 1 heterocycles. The molecule has 1 aliphatic heterocycles. The lowest BCUT2D eigenvalue weighted by molar-refractivity contribution is -0.143. The standard InChI is InChI=1S/C12H22N2O4/c1-12(2,3)18-11(17)14-7-5-6-13(4)8-9(14)10(15)16/h9H,5-8H2,1-4H3,(H,15,16). The van der Waals surface area contributed by atoms with Crippen LogP contribution in [0.5, 0.6) is 0 Å². The van der Waals surface area contributed by atoms with E-state index in [9.17, 15) is 14.7 Å². The monoisotopic (exact) mass is 258 g/mol. The van der Waals surface area contributed by atoms with Gasteiger partial charge < -0.3 is 14.7 Å². The Balaban J connectivity index is 2.81. The van der Waals surface area contributed by atoms with Gasteiger partial charge in [0.15, 0.2) is 0 Å². The first-order valence-electron chi connectivity index (χ1n) is 6.11. The molecule has 0 aromatic heterocycles. The van der Waals surface area contributed by atoms with Crippen molar-refractivity contribution in [3.63, 3.8) is 0 Å². The summed E-state index contributed by atoms with van der Waals surface area (Å²) >= 11 is 0. The van der Waals surface area contributed by atoms with Crippen LogP contribution in [0.3, 0.4) is 0 Å². The molecule has 0 aliphatic carbocycles. The fraction of sp³-hybridized carbons (Fsp3) is 0.833. The molecule has 1 N–H and O–H groups in total. The van der Waals surface area contributed by atoms with Gasteiger partial charge in [-0.2, -0.15) is 0 Å². The average Bonchev–Trinajstić information content (AvgIpc) is 2.37. The van der Waals surface area contributed by atoms with E-state index in [1.807, 2.05) is 11.9 Å². The number of nitrogens with zero attached hydrogens (tertiary/aromatic N) is 2. The van der Waals surface area contributed by atoms with Crippen molar-refractivity contribution in [1.29, 1.82) is 0 Å². The number of ether oxygens (including phenoxy) is 1. The van der Waals surface area contributed by atoms with Crippen LogP contribution in [-0.4, -0.2) is 65.3 Å². The molecule has 1 fully saturated rings. The van der Waals surface area contributed by atoms with Crippen LogP contribution in [-0.2, 0) is 9.53 Å². The topological polar surface area (TPSA) is 70.1 Å². The lowest BCUT2D eigenvalue weighted by atomic mass is 10.2. The van der Waals surface area contributed by atoms with Gasteiger partial charge in [-0.3, -0.25) is 4.90 Å². The minimum absolute atomic E-state index is 0.328. The fourth-order valence-corrected chi connectivity index (χ4v) is 1.90. The van der Waals surface area contributed by atoms with Crippen molar-refractivity contribution >= 4 is 12.1 Å². The van der Waals surface area contributed by atoms with Gasteiger partial charge in [0.25, 0.3) is 0 Å². The summed E-state index contributed by atoms with van der Waals surface area (Å²) < 4.78 is 5.25. The first kappa shape index (κ1) is 14.8. The molecule has 6 heteroatoms. The van der Waals surface area contributed by atoms with Gasteiger partial charge in [-0.25, -0.2) is 9.59 Å². The number of amides is 1. The zero-order valence-electron chi connectivity index (χ0n) is 11.5. The normalized spacial score (nSPS) is 22.4. The molecule has 104 valence electrons. The molecule has 1 rings (SSSR count). The summed E-state index contributed by atoms with van der Waals surface area (Å²) in [4.78, 5) is 26.5. The van der Waals surface area contributed by atoms with Crippen molar-refractivity contribution in [2.24, 2.45) is 0 Å². The molecule has 1 unspecified atom stereocenters. The van der Waals surface area contributed by atoms with Gasteiger partial charge >= 0.3 is 12.1 Å². The van der Waals surface area contributed by atoms with Crippen molar-refractivity contribution in [2.75, 3.05) is 26.7 Å². The van der Waals surface area contributed by atoms with Gasteiger partial charge in [-0.15, -0.1) is 0 Å². The summed E-state index contributed by atoms with van der Waals surface area (Å²) in [5.74, 6) is -0.991. The third kappa shape index (κ3) is 4.18. The van der Waals surface area contributed by atoms with E-state index < -0.39 is 23.7 Å². The highest BCUT2D eigenvalue weighted by Gasteiger charge is 2.35. The van der Waals surface area contributed by atoms with E-state index in [4.69, 9.17) is 4.74 Å². The Morgan fingerprint density at radius 1 is 1.28 bits per heavy atom. The molecule has 18 heavy (non-hydrogen) atoms. The molecule has 1 aliphatic rings. The third-order valence-electron chi connectivity index (χ3n) is 2.71. The molecule has 1 atom stereocenters. The van der Waals surface area contributed by atoms with E-state index >= 15 is 0 Å². The average molecular weight is 258 g/mol. The van der Waals surface area contributed by atoms with Crippen molar-refractivity contribution in [3.05, 3.63) is 0 Å². The molecule has 0 aromatic rings. The van der Waals surface area contributed by atoms with Crippen LogP contribution in [0.1, 0.15) is 27.2 Å². The van der Waals surface area contributed by atoms with Crippen molar-refractivity contribution in [1.82, 2.24) is 9.80 Å². The number of carbonyl (C=O) groups excluding carboxylic acids is 1. The Labute approximate surface area is 107 Å². The van der Waals surface area contributed by atoms with Crippen LogP contribution < -0.4 is 0 Å². The van der Waals surface area contributed by atoms with Crippen LogP contribution in [0.25, 0.3) is 0 Å². The maximum Gasteiger partial charge on any atom is 0.411 e. The molecule has 1 amide bonds. The molecular formula is C12H22N2O4. The lowest BCUT2D eigenvalue weighted by Gasteiger charge is -2.30. The Hall–Kier alpha value is -1.30. The predicted molar refractivity (Wildman–Crippen MR) is 66.5 cm³/mol. The number of likely N-dealkylation sites (N-methyl/N-ethyl adjacent to an activating group) is 1. The Morgan fingerprint density at radius 3 is 2.39 bits per heavy atom. The summed E-state index contributed by atoms with van der Waals surface area (Å²) in [5.41, 5.74) is -0.613. The largest absolute Gasteiger partial charge is 0.480 e. The van der Waals surface area contributed by atoms with Crippen molar-refractivity contribution < 1.29 is 19.4 Å². The number of rotatable bonds is 1. The summed E-state index contributed by atoms with van der Waals surface area (Å²) in [5, 5.41) is 9.22. The van der Waals surface area contributed by atoms with E-state index in [0.29, 0.717) is 13.1 Å². The van der Waals surface area contributed by atoms with Gasteiger partial charge in [-0.05, 0) is 40.8 Å². The zero-order valence-corrected chi connectivity index (χ0v) is 11.5. The van der Waals surface area contributed by atoms with Crippen LogP contribution >= 0.6 is 0 Å². The molecule has 0 radical (unpaired) electrons. The number of aliphatic carboxylic acids is 1. The minimum atomic E-state index is -0.991. The zero-order chi connectivity index (χ0) is 13.9. The second kappa shape index (κ2) is 5.56.